The second kappa shape index (κ2) is 4.45. The maximum atomic E-state index is 4.57. The van der Waals surface area contributed by atoms with Gasteiger partial charge in [0.2, 0.25) is 0 Å². The van der Waals surface area contributed by atoms with Crippen molar-refractivity contribution < 1.29 is 0 Å². The number of benzene rings is 1. The Bertz CT molecular complexity index is 525. The average molecular weight is 232 g/mol. The fourth-order valence-corrected chi connectivity index (χ4v) is 2.01. The van der Waals surface area contributed by atoms with Crippen LogP contribution in [-0.2, 0) is 0 Å². The molecule has 1 heterocycles. The lowest BCUT2D eigenvalue weighted by molar-refractivity contribution is 1.30. The minimum Gasteiger partial charge on any atom is -0.242 e. The smallest absolute Gasteiger partial charge is 0.0901 e. The maximum absolute atomic E-state index is 4.57. The van der Waals surface area contributed by atoms with E-state index in [-0.39, 0.29) is 0 Å². The summed E-state index contributed by atoms with van der Waals surface area (Å²) in [6.45, 7) is 1.99. The number of aryl methyl sites for hydroxylation is 1. The predicted molar refractivity (Wildman–Crippen MR) is 67.0 cm³/mol. The molecule has 2 nitrogen and oxygen atoms in total. The number of thiazole rings is 1. The van der Waals surface area contributed by atoms with E-state index in [0.717, 1.165) is 22.0 Å². The molecule has 0 fully saturated rings. The van der Waals surface area contributed by atoms with Crippen LogP contribution in [0.3, 0.4) is 0 Å². The van der Waals surface area contributed by atoms with Crippen molar-refractivity contribution in [1.29, 1.82) is 0 Å². The van der Waals surface area contributed by atoms with E-state index in [1.54, 1.807) is 11.3 Å². The summed E-state index contributed by atoms with van der Waals surface area (Å²) in [4.78, 5) is 8.35. The van der Waals surface area contributed by atoms with E-state index in [1.165, 1.54) is 0 Å². The molecule has 0 atom stereocenters. The Labute approximate surface area is 97.3 Å². The lowest BCUT2D eigenvalue weighted by Crippen LogP contribution is -1.77. The third-order valence-electron chi connectivity index (χ3n) is 1.94. The zero-order valence-corrected chi connectivity index (χ0v) is 9.73. The lowest BCUT2D eigenvalue weighted by atomic mass is 10.1. The van der Waals surface area contributed by atoms with E-state index in [1.807, 2.05) is 36.6 Å². The van der Waals surface area contributed by atoms with Gasteiger partial charge in [0.25, 0.3) is 0 Å². The number of rotatable bonds is 2. The molecule has 0 radical (unpaired) electrons. The van der Waals surface area contributed by atoms with E-state index in [0.29, 0.717) is 0 Å². The number of aromatic nitrogens is 1. The number of thiocarbonyl (C=S) groups is 1. The van der Waals surface area contributed by atoms with Crippen LogP contribution < -0.4 is 0 Å². The summed E-state index contributed by atoms with van der Waals surface area (Å²) in [6.07, 6.45) is 0. The predicted octanol–water partition coefficient (Wildman–Crippen LogP) is 3.85. The van der Waals surface area contributed by atoms with E-state index in [9.17, 15) is 0 Å². The van der Waals surface area contributed by atoms with Crippen LogP contribution in [0.2, 0.25) is 0 Å². The Morgan fingerprint density at radius 3 is 3.00 bits per heavy atom. The highest BCUT2D eigenvalue weighted by Gasteiger charge is 2.02. The topological polar surface area (TPSA) is 25.2 Å². The van der Waals surface area contributed by atoms with Crippen molar-refractivity contribution in [2.75, 3.05) is 0 Å². The second-order valence-corrected chi connectivity index (χ2v) is 4.25. The molecule has 2 rings (SSSR count). The molecule has 1 aromatic carbocycles. The molecule has 0 aliphatic carbocycles. The zero-order valence-electron chi connectivity index (χ0n) is 8.10. The van der Waals surface area contributed by atoms with E-state index in [4.69, 9.17) is 0 Å². The number of aliphatic imine (C=N–C) groups is 1. The van der Waals surface area contributed by atoms with Gasteiger partial charge in [0, 0.05) is 10.9 Å². The molecule has 1 aromatic heterocycles. The van der Waals surface area contributed by atoms with Gasteiger partial charge in [-0.1, -0.05) is 12.1 Å². The fourth-order valence-electron chi connectivity index (χ4n) is 1.28. The van der Waals surface area contributed by atoms with Gasteiger partial charge in [0.15, 0.2) is 0 Å². The highest BCUT2D eigenvalue weighted by Crippen LogP contribution is 2.24. The van der Waals surface area contributed by atoms with E-state index < -0.39 is 0 Å². The monoisotopic (exact) mass is 232 g/mol. The molecule has 0 saturated heterocycles. The fraction of sp³-hybridized carbons (Fsp3) is 0.0909. The molecule has 0 spiro atoms. The second-order valence-electron chi connectivity index (χ2n) is 3.01. The Morgan fingerprint density at radius 1 is 1.47 bits per heavy atom. The first-order valence-corrected chi connectivity index (χ1v) is 5.69. The van der Waals surface area contributed by atoms with Crippen LogP contribution in [0.25, 0.3) is 11.3 Å². The van der Waals surface area contributed by atoms with Gasteiger partial charge in [0.1, 0.15) is 0 Å². The summed E-state index contributed by atoms with van der Waals surface area (Å²) >= 11 is 6.21. The number of nitrogens with zero attached hydrogens (tertiary/aromatic N) is 2. The number of isothiocyanates is 1. The van der Waals surface area contributed by atoms with Crippen LogP contribution in [0.4, 0.5) is 5.69 Å². The summed E-state index contributed by atoms with van der Waals surface area (Å²) in [5, 5.41) is 5.46. The van der Waals surface area contributed by atoms with Crippen LogP contribution in [0.1, 0.15) is 5.01 Å². The summed E-state index contributed by atoms with van der Waals surface area (Å²) in [7, 11) is 0. The zero-order chi connectivity index (χ0) is 10.7. The van der Waals surface area contributed by atoms with Crippen LogP contribution in [0, 0.1) is 6.92 Å². The molecule has 0 unspecified atom stereocenters. The van der Waals surface area contributed by atoms with Crippen LogP contribution >= 0.6 is 23.6 Å². The summed E-state index contributed by atoms with van der Waals surface area (Å²) in [5.41, 5.74) is 2.86. The average Bonchev–Trinajstić information content (AvgIpc) is 2.66. The minimum absolute atomic E-state index is 0.813. The standard InChI is InChI=1S/C11H8N2S2/c1-8-13-11(6-15-8)9-3-2-4-10(5-9)12-7-14/h2-6H,1H3. The molecule has 0 N–H and O–H groups in total. The highest BCUT2D eigenvalue weighted by molar-refractivity contribution is 7.78. The third-order valence-corrected chi connectivity index (χ3v) is 2.80. The van der Waals surface area contributed by atoms with Gasteiger partial charge in [-0.05, 0) is 31.3 Å². The third kappa shape index (κ3) is 2.36. The van der Waals surface area contributed by atoms with E-state index >= 15 is 0 Å². The molecule has 0 amide bonds. The Kier molecular flexibility index (Phi) is 3.02. The van der Waals surface area contributed by atoms with Crippen molar-refractivity contribution in [2.45, 2.75) is 6.92 Å². The van der Waals surface area contributed by atoms with Crippen molar-refractivity contribution in [2.24, 2.45) is 4.99 Å². The Hall–Kier alpha value is -1.35. The van der Waals surface area contributed by atoms with Crippen molar-refractivity contribution in [1.82, 2.24) is 4.98 Å². The van der Waals surface area contributed by atoms with Gasteiger partial charge < -0.3 is 0 Å². The highest BCUT2D eigenvalue weighted by atomic mass is 32.1. The number of hydrogen-bond donors (Lipinski definition) is 0. The molecule has 0 aliphatic heterocycles. The van der Waals surface area contributed by atoms with Gasteiger partial charge in [-0.25, -0.2) is 4.98 Å². The molecule has 0 bridgehead atoms. The van der Waals surface area contributed by atoms with Crippen molar-refractivity contribution in [3.63, 3.8) is 0 Å². The molecule has 2 aromatic rings. The summed E-state index contributed by atoms with van der Waals surface area (Å²) in [5.74, 6) is 0. The quantitative estimate of drug-likeness (QED) is 0.580. The molecule has 74 valence electrons. The molecule has 4 heteroatoms. The van der Waals surface area contributed by atoms with Gasteiger partial charge in [-0.2, -0.15) is 4.99 Å². The summed E-state index contributed by atoms with van der Waals surface area (Å²) in [6, 6.07) is 7.79. The van der Waals surface area contributed by atoms with Crippen LogP contribution in [-0.4, -0.2) is 10.1 Å². The first-order chi connectivity index (χ1) is 7.29. The Balaban J connectivity index is 2.44. The molecular formula is C11H8N2S2. The largest absolute Gasteiger partial charge is 0.242 e. The van der Waals surface area contributed by atoms with Crippen molar-refractivity contribution in [3.8, 4) is 11.3 Å². The summed E-state index contributed by atoms with van der Waals surface area (Å²) < 4.78 is 0. The van der Waals surface area contributed by atoms with E-state index in [2.05, 4.69) is 27.4 Å². The maximum Gasteiger partial charge on any atom is 0.0901 e. The van der Waals surface area contributed by atoms with Gasteiger partial charge in [-0.15, -0.1) is 11.3 Å². The number of hydrogen-bond acceptors (Lipinski definition) is 4. The Morgan fingerprint density at radius 2 is 2.33 bits per heavy atom. The van der Waals surface area contributed by atoms with Crippen molar-refractivity contribution >= 4 is 34.4 Å². The first-order valence-electron chi connectivity index (χ1n) is 4.40. The minimum atomic E-state index is 0.813. The molecule has 15 heavy (non-hydrogen) atoms. The van der Waals surface area contributed by atoms with Crippen molar-refractivity contribution in [3.05, 3.63) is 34.7 Å². The van der Waals surface area contributed by atoms with Crippen LogP contribution in [0.15, 0.2) is 34.6 Å². The molecule has 0 aliphatic rings. The normalized spacial score (nSPS) is 9.67. The van der Waals surface area contributed by atoms with Gasteiger partial charge in [-0.3, -0.25) is 0 Å². The van der Waals surface area contributed by atoms with Crippen LogP contribution in [0.5, 0.6) is 0 Å². The first kappa shape index (κ1) is 10.2. The molecular weight excluding hydrogens is 224 g/mol. The SMILES string of the molecule is Cc1nc(-c2cccc(N=C=S)c2)cs1. The van der Waals surface area contributed by atoms with Gasteiger partial charge >= 0.3 is 0 Å². The lowest BCUT2D eigenvalue weighted by Gasteiger charge is -1.96. The molecule has 0 saturated carbocycles. The van der Waals surface area contributed by atoms with Gasteiger partial charge in [0.05, 0.1) is 21.6 Å².